The fourth-order valence-electron chi connectivity index (χ4n) is 4.73. The normalized spacial score (nSPS) is 22.0. The molecule has 1 saturated heterocycles. The third kappa shape index (κ3) is 5.93. The Morgan fingerprint density at radius 3 is 2.39 bits per heavy atom. The first kappa shape index (κ1) is 25.4. The molecule has 2 aromatic carbocycles. The van der Waals surface area contributed by atoms with E-state index in [9.17, 15) is 18.8 Å². The van der Waals surface area contributed by atoms with Crippen LogP contribution in [-0.2, 0) is 4.79 Å². The highest BCUT2D eigenvalue weighted by Crippen LogP contribution is 2.23. The van der Waals surface area contributed by atoms with E-state index in [0.29, 0.717) is 17.9 Å². The fraction of sp³-hybridized carbons (Fsp3) is 0.423. The number of nitrogens with two attached hydrogens (primary N) is 1. The predicted molar refractivity (Wildman–Crippen MR) is 133 cm³/mol. The lowest BCUT2D eigenvalue weighted by Gasteiger charge is -2.43. The Balaban J connectivity index is 1.58. The third-order valence-electron chi connectivity index (χ3n) is 6.68. The number of carbonyl (C=O) groups excluding carboxylic acids is 3. The number of urea groups is 1. The maximum absolute atomic E-state index is 13.6. The maximum atomic E-state index is 13.6. The van der Waals surface area contributed by atoms with E-state index < -0.39 is 29.8 Å². The van der Waals surface area contributed by atoms with Crippen LogP contribution >= 0.6 is 0 Å². The first-order chi connectivity index (χ1) is 17.4. The van der Waals surface area contributed by atoms with Gasteiger partial charge in [0.2, 0.25) is 0 Å². The Labute approximate surface area is 209 Å². The summed E-state index contributed by atoms with van der Waals surface area (Å²) in [4.78, 5) is 43.1. The molecule has 9 nitrogen and oxygen atoms in total. The van der Waals surface area contributed by atoms with Gasteiger partial charge >= 0.3 is 6.03 Å². The van der Waals surface area contributed by atoms with Crippen molar-refractivity contribution in [3.8, 4) is 5.75 Å². The standard InChI is InChI=1S/C26H32FN5O4/c1-36-22-5-2-4-21(16-22)30-26(35)32-15-3-14-31(25(34)17-6-8-18(27)9-7-17)24(32)23(33)29-20-12-10-19(28)11-13-20/h2,4-9,16,19-20,24H,3,10-15,28H2,1H3,(H,29,33)(H,30,35). The molecule has 1 atom stereocenters. The van der Waals surface area contributed by atoms with Crippen LogP contribution in [0.25, 0.3) is 0 Å². The molecule has 1 heterocycles. The van der Waals surface area contributed by atoms with Gasteiger partial charge in [0.15, 0.2) is 6.17 Å². The lowest BCUT2D eigenvalue weighted by Crippen LogP contribution is -2.65. The summed E-state index contributed by atoms with van der Waals surface area (Å²) >= 11 is 0. The molecule has 2 aliphatic rings. The predicted octanol–water partition coefficient (Wildman–Crippen LogP) is 2.93. The second-order valence-corrected chi connectivity index (χ2v) is 9.21. The highest BCUT2D eigenvalue weighted by atomic mass is 19.1. The molecule has 1 unspecified atom stereocenters. The Kier molecular flexibility index (Phi) is 8.04. The van der Waals surface area contributed by atoms with Crippen molar-refractivity contribution in [2.75, 3.05) is 25.5 Å². The Bertz CT molecular complexity index is 1090. The van der Waals surface area contributed by atoms with Crippen molar-refractivity contribution in [1.29, 1.82) is 0 Å². The molecule has 2 aromatic rings. The zero-order chi connectivity index (χ0) is 25.7. The highest BCUT2D eigenvalue weighted by Gasteiger charge is 2.41. The van der Waals surface area contributed by atoms with E-state index in [1.807, 2.05) is 0 Å². The molecule has 10 heteroatoms. The quantitative estimate of drug-likeness (QED) is 0.587. The second kappa shape index (κ2) is 11.4. The van der Waals surface area contributed by atoms with Crippen molar-refractivity contribution in [2.45, 2.75) is 50.4 Å². The first-order valence-electron chi connectivity index (χ1n) is 12.2. The Morgan fingerprint density at radius 1 is 1.00 bits per heavy atom. The monoisotopic (exact) mass is 497 g/mol. The summed E-state index contributed by atoms with van der Waals surface area (Å²) in [6.45, 7) is 0.573. The van der Waals surface area contributed by atoms with E-state index >= 15 is 0 Å². The van der Waals surface area contributed by atoms with Gasteiger partial charge in [-0.25, -0.2) is 9.18 Å². The lowest BCUT2D eigenvalue weighted by atomic mass is 9.91. The average molecular weight is 498 g/mol. The van der Waals surface area contributed by atoms with E-state index in [1.54, 1.807) is 24.3 Å². The minimum absolute atomic E-state index is 0.0784. The SMILES string of the molecule is COc1cccc(NC(=O)N2CCCN(C(=O)c3ccc(F)cc3)C2C(=O)NC2CCC(N)CC2)c1. The van der Waals surface area contributed by atoms with Gasteiger partial charge in [0.25, 0.3) is 11.8 Å². The van der Waals surface area contributed by atoms with Gasteiger partial charge in [-0.15, -0.1) is 0 Å². The van der Waals surface area contributed by atoms with Crippen LogP contribution in [0.5, 0.6) is 5.75 Å². The molecule has 4 amide bonds. The van der Waals surface area contributed by atoms with Gasteiger partial charge in [-0.3, -0.25) is 14.5 Å². The molecule has 1 aliphatic carbocycles. The lowest BCUT2D eigenvalue weighted by molar-refractivity contribution is -0.133. The zero-order valence-corrected chi connectivity index (χ0v) is 20.3. The van der Waals surface area contributed by atoms with Crippen molar-refractivity contribution in [3.63, 3.8) is 0 Å². The minimum Gasteiger partial charge on any atom is -0.497 e. The second-order valence-electron chi connectivity index (χ2n) is 9.21. The topological polar surface area (TPSA) is 117 Å². The van der Waals surface area contributed by atoms with Gasteiger partial charge in [0.05, 0.1) is 7.11 Å². The molecule has 192 valence electrons. The summed E-state index contributed by atoms with van der Waals surface area (Å²) < 4.78 is 18.7. The molecule has 1 aliphatic heterocycles. The third-order valence-corrected chi connectivity index (χ3v) is 6.68. The average Bonchev–Trinajstić information content (AvgIpc) is 2.89. The number of hydrogen-bond donors (Lipinski definition) is 3. The number of carbonyl (C=O) groups is 3. The number of halogens is 1. The minimum atomic E-state index is -1.16. The molecule has 0 bridgehead atoms. The molecule has 0 aromatic heterocycles. The van der Waals surface area contributed by atoms with E-state index in [4.69, 9.17) is 10.5 Å². The fourth-order valence-corrected chi connectivity index (χ4v) is 4.73. The largest absolute Gasteiger partial charge is 0.497 e. The summed E-state index contributed by atoms with van der Waals surface area (Å²) in [5.41, 5.74) is 6.75. The Morgan fingerprint density at radius 2 is 1.69 bits per heavy atom. The number of benzene rings is 2. The molecule has 0 spiro atoms. The molecule has 36 heavy (non-hydrogen) atoms. The van der Waals surface area contributed by atoms with Crippen LogP contribution in [0.2, 0.25) is 0 Å². The molecule has 0 radical (unpaired) electrons. The number of nitrogens with one attached hydrogen (secondary N) is 2. The molecule has 4 rings (SSSR count). The van der Waals surface area contributed by atoms with Crippen molar-refractivity contribution >= 4 is 23.5 Å². The zero-order valence-electron chi connectivity index (χ0n) is 20.3. The molecular weight excluding hydrogens is 465 g/mol. The van der Waals surface area contributed by atoms with Crippen LogP contribution in [0.15, 0.2) is 48.5 Å². The molecular formula is C26H32FN5O4. The van der Waals surface area contributed by atoms with Crippen molar-refractivity contribution in [3.05, 3.63) is 59.9 Å². The summed E-state index contributed by atoms with van der Waals surface area (Å²) in [7, 11) is 1.53. The van der Waals surface area contributed by atoms with E-state index in [0.717, 1.165) is 25.7 Å². The molecule has 2 fully saturated rings. The number of methoxy groups -OCH3 is 1. The van der Waals surface area contributed by atoms with Gasteiger partial charge in [0, 0.05) is 42.5 Å². The first-order valence-corrected chi connectivity index (χ1v) is 12.2. The van der Waals surface area contributed by atoms with Crippen LogP contribution in [0.4, 0.5) is 14.9 Å². The maximum Gasteiger partial charge on any atom is 0.323 e. The van der Waals surface area contributed by atoms with Crippen LogP contribution < -0.4 is 21.1 Å². The summed E-state index contributed by atoms with van der Waals surface area (Å²) in [5, 5.41) is 5.84. The smallest absolute Gasteiger partial charge is 0.323 e. The van der Waals surface area contributed by atoms with Crippen molar-refractivity contribution in [2.24, 2.45) is 5.73 Å². The number of hydrogen-bond acceptors (Lipinski definition) is 5. The summed E-state index contributed by atoms with van der Waals surface area (Å²) in [5.74, 6) is -0.759. The summed E-state index contributed by atoms with van der Waals surface area (Å²) in [6, 6.07) is 11.6. The van der Waals surface area contributed by atoms with Crippen LogP contribution in [0, 0.1) is 5.82 Å². The van der Waals surface area contributed by atoms with E-state index in [2.05, 4.69) is 10.6 Å². The van der Waals surface area contributed by atoms with Gasteiger partial charge in [-0.1, -0.05) is 6.07 Å². The number of amides is 4. The van der Waals surface area contributed by atoms with Gasteiger partial charge in [-0.05, 0) is 68.5 Å². The Hall–Kier alpha value is -3.66. The van der Waals surface area contributed by atoms with Gasteiger partial charge < -0.3 is 26.0 Å². The van der Waals surface area contributed by atoms with Gasteiger partial charge in [0.1, 0.15) is 11.6 Å². The number of rotatable bonds is 5. The number of anilines is 1. The van der Waals surface area contributed by atoms with E-state index in [1.165, 1.54) is 41.2 Å². The molecule has 4 N–H and O–H groups in total. The molecule has 1 saturated carbocycles. The van der Waals surface area contributed by atoms with Crippen LogP contribution in [0.3, 0.4) is 0 Å². The number of nitrogens with zero attached hydrogens (tertiary/aromatic N) is 2. The van der Waals surface area contributed by atoms with Crippen molar-refractivity contribution < 1.29 is 23.5 Å². The number of ether oxygens (including phenoxy) is 1. The van der Waals surface area contributed by atoms with Gasteiger partial charge in [-0.2, -0.15) is 0 Å². The highest BCUT2D eigenvalue weighted by molar-refractivity contribution is 6.00. The van der Waals surface area contributed by atoms with Crippen LogP contribution in [-0.4, -0.2) is 66.1 Å². The summed E-state index contributed by atoms with van der Waals surface area (Å²) in [6.07, 6.45) is 2.41. The van der Waals surface area contributed by atoms with Crippen molar-refractivity contribution in [1.82, 2.24) is 15.1 Å². The van der Waals surface area contributed by atoms with Crippen LogP contribution in [0.1, 0.15) is 42.5 Å². The van der Waals surface area contributed by atoms with E-state index in [-0.39, 0.29) is 30.7 Å².